The number of hydrogen-bond acceptors (Lipinski definition) is 6. The van der Waals surface area contributed by atoms with E-state index in [-0.39, 0.29) is 0 Å². The van der Waals surface area contributed by atoms with Crippen LogP contribution in [0.4, 0.5) is 11.6 Å². The van der Waals surface area contributed by atoms with Gasteiger partial charge in [0.1, 0.15) is 5.75 Å². The summed E-state index contributed by atoms with van der Waals surface area (Å²) in [4.78, 5) is 10.5. The van der Waals surface area contributed by atoms with E-state index in [1.807, 2.05) is 24.3 Å². The summed E-state index contributed by atoms with van der Waals surface area (Å²) < 4.78 is 9.60. The van der Waals surface area contributed by atoms with Crippen molar-refractivity contribution in [1.82, 2.24) is 9.97 Å². The van der Waals surface area contributed by atoms with Crippen molar-refractivity contribution >= 4 is 23.6 Å². The Balaban J connectivity index is 1.65. The number of fused-ring (bicyclic) bond motifs is 6. The van der Waals surface area contributed by atoms with Crippen LogP contribution in [0.3, 0.4) is 0 Å². The summed E-state index contributed by atoms with van der Waals surface area (Å²) in [6.07, 6.45) is 0. The smallest absolute Gasteiger partial charge is 0.237 e. The zero-order valence-corrected chi connectivity index (χ0v) is 19.1. The Bertz CT molecular complexity index is 1280. The SMILES string of the molecule is Cc1cccc(C)c1-c1cc2nc(n1)NSc1cccc(c1)NCc1cccc(c1C)O2. The Kier molecular flexibility index (Phi) is 5.45. The molecule has 3 aromatic carbocycles. The molecule has 2 heterocycles. The molecule has 1 aliphatic rings. The summed E-state index contributed by atoms with van der Waals surface area (Å²) in [6.45, 7) is 7.00. The average Bonchev–Trinajstić information content (AvgIpc) is 2.78. The Labute approximate surface area is 192 Å². The van der Waals surface area contributed by atoms with E-state index in [0.717, 1.165) is 33.2 Å². The van der Waals surface area contributed by atoms with E-state index in [4.69, 9.17) is 9.72 Å². The molecule has 1 aromatic heterocycles. The van der Waals surface area contributed by atoms with Crippen LogP contribution in [0.15, 0.2) is 71.6 Å². The fourth-order valence-electron chi connectivity index (χ4n) is 3.92. The van der Waals surface area contributed by atoms with E-state index in [1.54, 1.807) is 0 Å². The zero-order chi connectivity index (χ0) is 22.1. The minimum Gasteiger partial charge on any atom is -0.439 e. The van der Waals surface area contributed by atoms with Gasteiger partial charge in [0.15, 0.2) is 0 Å². The molecule has 4 aromatic rings. The molecule has 0 amide bonds. The van der Waals surface area contributed by atoms with Crippen molar-refractivity contribution in [3.05, 3.63) is 89.0 Å². The molecule has 5 rings (SSSR count). The van der Waals surface area contributed by atoms with E-state index < -0.39 is 0 Å². The number of ether oxygens (including phenoxy) is 1. The highest BCUT2D eigenvalue weighted by atomic mass is 32.2. The summed E-state index contributed by atoms with van der Waals surface area (Å²) in [5.74, 6) is 1.81. The zero-order valence-electron chi connectivity index (χ0n) is 18.3. The van der Waals surface area contributed by atoms with E-state index in [9.17, 15) is 0 Å². The molecule has 0 radical (unpaired) electrons. The molecule has 0 fully saturated rings. The van der Waals surface area contributed by atoms with E-state index in [1.165, 1.54) is 28.6 Å². The third-order valence-corrected chi connectivity index (χ3v) is 6.40. The molecule has 0 atom stereocenters. The van der Waals surface area contributed by atoms with Gasteiger partial charge >= 0.3 is 0 Å². The average molecular weight is 441 g/mol. The second-order valence-electron chi connectivity index (χ2n) is 7.91. The molecule has 160 valence electrons. The Morgan fingerprint density at radius 3 is 2.50 bits per heavy atom. The Morgan fingerprint density at radius 2 is 1.66 bits per heavy atom. The van der Waals surface area contributed by atoms with Gasteiger partial charge in [0.2, 0.25) is 11.8 Å². The van der Waals surface area contributed by atoms with Gasteiger partial charge in [-0.25, -0.2) is 4.98 Å². The standard InChI is InChI=1S/C26H24N4OS/c1-16-7-4-8-17(2)25(16)22-14-24-29-26(28-22)30-32-21-11-6-10-20(13-21)27-15-19-9-5-12-23(31-24)18(19)3/h4-14,27H,15H2,1-3H3,(H,28,29,30). The molecule has 0 aliphatic carbocycles. The molecule has 2 N–H and O–H groups in total. The fourth-order valence-corrected chi connectivity index (χ4v) is 4.55. The number of hydrogen-bond donors (Lipinski definition) is 2. The van der Waals surface area contributed by atoms with E-state index >= 15 is 0 Å². The highest BCUT2D eigenvalue weighted by Gasteiger charge is 2.15. The molecule has 6 heteroatoms. The van der Waals surface area contributed by atoms with Gasteiger partial charge in [0, 0.05) is 28.8 Å². The minimum absolute atomic E-state index is 0.509. The summed E-state index contributed by atoms with van der Waals surface area (Å²) in [7, 11) is 0. The maximum atomic E-state index is 6.30. The first-order chi connectivity index (χ1) is 15.6. The normalized spacial score (nSPS) is 12.7. The molecule has 1 aliphatic heterocycles. The topological polar surface area (TPSA) is 59.1 Å². The summed E-state index contributed by atoms with van der Waals surface area (Å²) >= 11 is 1.48. The van der Waals surface area contributed by atoms with Crippen LogP contribution in [0.5, 0.6) is 11.6 Å². The quantitative estimate of drug-likeness (QED) is 0.314. The van der Waals surface area contributed by atoms with Crippen molar-refractivity contribution in [1.29, 1.82) is 0 Å². The highest BCUT2D eigenvalue weighted by Crippen LogP contribution is 2.33. The lowest BCUT2D eigenvalue weighted by atomic mass is 10.00. The van der Waals surface area contributed by atoms with Gasteiger partial charge in [-0.1, -0.05) is 36.4 Å². The second-order valence-corrected chi connectivity index (χ2v) is 8.79. The molecule has 0 spiro atoms. The maximum Gasteiger partial charge on any atom is 0.237 e. The third-order valence-electron chi connectivity index (χ3n) is 5.63. The van der Waals surface area contributed by atoms with Crippen LogP contribution >= 0.6 is 11.9 Å². The molecule has 0 saturated carbocycles. The Morgan fingerprint density at radius 1 is 0.875 bits per heavy atom. The van der Waals surface area contributed by atoms with Crippen molar-refractivity contribution < 1.29 is 4.74 Å². The largest absolute Gasteiger partial charge is 0.439 e. The van der Waals surface area contributed by atoms with Crippen molar-refractivity contribution in [2.75, 3.05) is 10.0 Å². The van der Waals surface area contributed by atoms with Crippen LogP contribution in [-0.4, -0.2) is 9.97 Å². The fraction of sp³-hybridized carbons (Fsp3) is 0.154. The monoisotopic (exact) mass is 440 g/mol. The minimum atomic E-state index is 0.509. The molecule has 6 bridgehead atoms. The lowest BCUT2D eigenvalue weighted by Crippen LogP contribution is -2.05. The highest BCUT2D eigenvalue weighted by molar-refractivity contribution is 8.00. The van der Waals surface area contributed by atoms with E-state index in [0.29, 0.717) is 18.4 Å². The lowest BCUT2D eigenvalue weighted by Gasteiger charge is -2.17. The number of nitrogens with one attached hydrogen (secondary N) is 2. The van der Waals surface area contributed by atoms with Crippen LogP contribution in [0.1, 0.15) is 22.3 Å². The van der Waals surface area contributed by atoms with Gasteiger partial charge in [-0.15, -0.1) is 0 Å². The number of aromatic nitrogens is 2. The second kappa shape index (κ2) is 8.55. The maximum absolute atomic E-state index is 6.30. The molecular weight excluding hydrogens is 416 g/mol. The van der Waals surface area contributed by atoms with Crippen LogP contribution in [0.2, 0.25) is 0 Å². The van der Waals surface area contributed by atoms with Crippen molar-refractivity contribution in [3.63, 3.8) is 0 Å². The first-order valence-electron chi connectivity index (χ1n) is 10.6. The predicted octanol–water partition coefficient (Wildman–Crippen LogP) is 6.91. The summed E-state index contributed by atoms with van der Waals surface area (Å²) in [5.41, 5.74) is 7.60. The number of nitrogens with zero attached hydrogens (tertiary/aromatic N) is 2. The van der Waals surface area contributed by atoms with E-state index in [2.05, 4.69) is 78.3 Å². The van der Waals surface area contributed by atoms with Crippen LogP contribution in [-0.2, 0) is 6.54 Å². The molecule has 0 saturated heterocycles. The van der Waals surface area contributed by atoms with Crippen LogP contribution in [0.25, 0.3) is 11.3 Å². The number of benzene rings is 3. The van der Waals surface area contributed by atoms with Crippen LogP contribution < -0.4 is 14.8 Å². The summed E-state index contributed by atoms with van der Waals surface area (Å²) in [6, 6.07) is 22.6. The van der Waals surface area contributed by atoms with Gasteiger partial charge in [-0.05, 0) is 79.2 Å². The van der Waals surface area contributed by atoms with Gasteiger partial charge in [0.25, 0.3) is 0 Å². The van der Waals surface area contributed by atoms with Gasteiger partial charge in [-0.3, -0.25) is 4.72 Å². The first-order valence-corrected chi connectivity index (χ1v) is 11.4. The third kappa shape index (κ3) is 4.14. The van der Waals surface area contributed by atoms with Gasteiger partial charge in [0.05, 0.1) is 5.69 Å². The summed E-state index contributed by atoms with van der Waals surface area (Å²) in [5, 5.41) is 3.51. The lowest BCUT2D eigenvalue weighted by molar-refractivity contribution is 0.459. The first kappa shape index (κ1) is 20.4. The molecular formula is C26H24N4OS. The number of anilines is 2. The molecule has 32 heavy (non-hydrogen) atoms. The van der Waals surface area contributed by atoms with Crippen molar-refractivity contribution in [2.45, 2.75) is 32.2 Å². The molecule has 0 unspecified atom stereocenters. The van der Waals surface area contributed by atoms with Crippen molar-refractivity contribution in [3.8, 4) is 22.9 Å². The number of rotatable bonds is 1. The van der Waals surface area contributed by atoms with Gasteiger partial charge < -0.3 is 10.1 Å². The van der Waals surface area contributed by atoms with Gasteiger partial charge in [-0.2, -0.15) is 4.98 Å². The predicted molar refractivity (Wildman–Crippen MR) is 131 cm³/mol. The van der Waals surface area contributed by atoms with Crippen LogP contribution in [0, 0.1) is 20.8 Å². The van der Waals surface area contributed by atoms with Crippen molar-refractivity contribution in [2.24, 2.45) is 0 Å². The number of aryl methyl sites for hydroxylation is 2. The molecule has 5 nitrogen and oxygen atoms in total. The Hall–Kier alpha value is -3.51.